The van der Waals surface area contributed by atoms with E-state index in [0.717, 1.165) is 10.6 Å². The Morgan fingerprint density at radius 2 is 2.07 bits per heavy atom. The van der Waals surface area contributed by atoms with E-state index >= 15 is 0 Å². The highest BCUT2D eigenvalue weighted by molar-refractivity contribution is 7.12. The van der Waals surface area contributed by atoms with Crippen molar-refractivity contribution in [2.75, 3.05) is 5.32 Å². The highest BCUT2D eigenvalue weighted by Gasteiger charge is 2.01. The van der Waals surface area contributed by atoms with Crippen LogP contribution in [-0.4, -0.2) is 5.84 Å². The van der Waals surface area contributed by atoms with Gasteiger partial charge in [-0.05, 0) is 29.6 Å². The van der Waals surface area contributed by atoms with Crippen LogP contribution in [0.5, 0.6) is 0 Å². The van der Waals surface area contributed by atoms with Crippen molar-refractivity contribution in [3.05, 3.63) is 52.7 Å². The Balaban J connectivity index is 2.10. The van der Waals surface area contributed by atoms with E-state index in [1.54, 1.807) is 11.3 Å². The van der Waals surface area contributed by atoms with Crippen molar-refractivity contribution < 1.29 is 0 Å². The average molecular weight is 201 g/mol. The standard InChI is InChI=1S/C11H9N2S/c12-11(10-7-4-8-14-10)13-9-5-2-1-3-6-9/h2-8H,(H2,12,13). The summed E-state index contributed by atoms with van der Waals surface area (Å²) in [7, 11) is 0. The van der Waals surface area contributed by atoms with Gasteiger partial charge >= 0.3 is 0 Å². The quantitative estimate of drug-likeness (QED) is 0.568. The Labute approximate surface area is 86.7 Å². The second-order valence-corrected chi connectivity index (χ2v) is 3.71. The van der Waals surface area contributed by atoms with Crippen LogP contribution in [0.3, 0.4) is 0 Å². The lowest BCUT2D eigenvalue weighted by molar-refractivity contribution is 1.47. The molecule has 1 radical (unpaired) electrons. The molecule has 0 fully saturated rings. The zero-order chi connectivity index (χ0) is 9.80. The second kappa shape index (κ2) is 4.07. The first kappa shape index (κ1) is 8.97. The minimum Gasteiger partial charge on any atom is -0.340 e. The van der Waals surface area contributed by atoms with Gasteiger partial charge in [0.2, 0.25) is 0 Å². The molecule has 2 N–H and O–H groups in total. The minimum atomic E-state index is 0.436. The number of hydrogen-bond acceptors (Lipinski definition) is 2. The number of nitrogens with one attached hydrogen (secondary N) is 2. The van der Waals surface area contributed by atoms with Crippen LogP contribution in [-0.2, 0) is 0 Å². The smallest absolute Gasteiger partial charge is 0.140 e. The lowest BCUT2D eigenvalue weighted by atomic mass is 10.3. The van der Waals surface area contributed by atoms with Crippen molar-refractivity contribution in [2.24, 2.45) is 0 Å². The molecule has 0 aliphatic heterocycles. The summed E-state index contributed by atoms with van der Waals surface area (Å²) in [4.78, 5) is 0.942. The van der Waals surface area contributed by atoms with Gasteiger partial charge in [0.1, 0.15) is 5.84 Å². The first-order valence-corrected chi connectivity index (χ1v) is 5.10. The Bertz CT molecular complexity index is 406. The van der Waals surface area contributed by atoms with Crippen LogP contribution in [0.4, 0.5) is 5.69 Å². The van der Waals surface area contributed by atoms with E-state index in [1.807, 2.05) is 41.8 Å². The van der Waals surface area contributed by atoms with Gasteiger partial charge in [0.15, 0.2) is 0 Å². The monoisotopic (exact) mass is 201 g/mol. The fraction of sp³-hybridized carbons (Fsp3) is 0. The molecule has 0 amide bonds. The van der Waals surface area contributed by atoms with Gasteiger partial charge in [0, 0.05) is 5.69 Å². The van der Waals surface area contributed by atoms with Crippen molar-refractivity contribution in [3.8, 4) is 0 Å². The van der Waals surface area contributed by atoms with Crippen molar-refractivity contribution in [2.45, 2.75) is 0 Å². The maximum atomic E-state index is 7.77. The summed E-state index contributed by atoms with van der Waals surface area (Å²) in [5.74, 6) is 0.436. The Morgan fingerprint density at radius 1 is 1.29 bits per heavy atom. The van der Waals surface area contributed by atoms with Gasteiger partial charge in [-0.3, -0.25) is 5.41 Å². The predicted molar refractivity (Wildman–Crippen MR) is 60.0 cm³/mol. The molecule has 1 aromatic heterocycles. The zero-order valence-corrected chi connectivity index (χ0v) is 8.27. The van der Waals surface area contributed by atoms with Gasteiger partial charge in [-0.1, -0.05) is 18.2 Å². The summed E-state index contributed by atoms with van der Waals surface area (Å²) >= 11 is 1.56. The van der Waals surface area contributed by atoms with E-state index in [1.165, 1.54) is 0 Å². The molecule has 0 aliphatic rings. The van der Waals surface area contributed by atoms with Gasteiger partial charge in [-0.2, -0.15) is 0 Å². The van der Waals surface area contributed by atoms with Crippen LogP contribution in [0.2, 0.25) is 0 Å². The Morgan fingerprint density at radius 3 is 2.71 bits per heavy atom. The maximum absolute atomic E-state index is 7.77. The van der Waals surface area contributed by atoms with E-state index < -0.39 is 0 Å². The summed E-state index contributed by atoms with van der Waals surface area (Å²) in [5.41, 5.74) is 0.919. The number of anilines is 1. The molecule has 0 saturated heterocycles. The van der Waals surface area contributed by atoms with E-state index in [0.29, 0.717) is 5.84 Å². The van der Waals surface area contributed by atoms with Gasteiger partial charge < -0.3 is 5.32 Å². The number of benzene rings is 1. The van der Waals surface area contributed by atoms with E-state index in [9.17, 15) is 0 Å². The molecule has 0 atom stereocenters. The van der Waals surface area contributed by atoms with Crippen LogP contribution in [0.15, 0.2) is 41.8 Å². The summed E-state index contributed by atoms with van der Waals surface area (Å²) in [6.45, 7) is 0. The minimum absolute atomic E-state index is 0.436. The topological polar surface area (TPSA) is 35.9 Å². The lowest BCUT2D eigenvalue weighted by Crippen LogP contribution is -2.09. The van der Waals surface area contributed by atoms with Gasteiger partial charge in [0.25, 0.3) is 0 Å². The molecular formula is C11H9N2S. The molecule has 0 saturated carbocycles. The fourth-order valence-electron chi connectivity index (χ4n) is 1.10. The molecule has 0 unspecified atom stereocenters. The van der Waals surface area contributed by atoms with Crippen molar-refractivity contribution >= 4 is 22.9 Å². The summed E-state index contributed by atoms with van der Waals surface area (Å²) < 4.78 is 0. The molecule has 1 heterocycles. The number of hydrogen-bond donors (Lipinski definition) is 2. The third-order valence-corrected chi connectivity index (χ3v) is 2.64. The first-order valence-electron chi connectivity index (χ1n) is 4.22. The first-order chi connectivity index (χ1) is 6.86. The molecule has 69 valence electrons. The van der Waals surface area contributed by atoms with Crippen LogP contribution < -0.4 is 5.32 Å². The largest absolute Gasteiger partial charge is 0.340 e. The third-order valence-electron chi connectivity index (χ3n) is 1.76. The fourth-order valence-corrected chi connectivity index (χ4v) is 1.73. The van der Waals surface area contributed by atoms with E-state index in [2.05, 4.69) is 11.4 Å². The summed E-state index contributed by atoms with van der Waals surface area (Å²) in [5, 5.41) is 12.8. The third kappa shape index (κ3) is 2.00. The second-order valence-electron chi connectivity index (χ2n) is 2.77. The average Bonchev–Trinajstić information content (AvgIpc) is 2.72. The van der Waals surface area contributed by atoms with Gasteiger partial charge in [-0.15, -0.1) is 11.3 Å². The molecule has 0 spiro atoms. The van der Waals surface area contributed by atoms with E-state index in [4.69, 9.17) is 5.41 Å². The van der Waals surface area contributed by atoms with Gasteiger partial charge in [0.05, 0.1) is 4.88 Å². The number of rotatable bonds is 2. The molecule has 3 heteroatoms. The molecule has 2 nitrogen and oxygen atoms in total. The highest BCUT2D eigenvalue weighted by atomic mass is 32.1. The molecule has 0 bridgehead atoms. The summed E-state index contributed by atoms with van der Waals surface area (Å²) in [6, 6.07) is 14.2. The molecule has 0 aliphatic carbocycles. The highest BCUT2D eigenvalue weighted by Crippen LogP contribution is 2.12. The normalized spacial score (nSPS) is 9.71. The van der Waals surface area contributed by atoms with Crippen LogP contribution >= 0.6 is 11.3 Å². The molecule has 2 aromatic rings. The number of thiophene rings is 1. The summed E-state index contributed by atoms with van der Waals surface area (Å²) in [6.07, 6.45) is 0. The molecular weight excluding hydrogens is 192 g/mol. The van der Waals surface area contributed by atoms with Crippen LogP contribution in [0.25, 0.3) is 0 Å². The SMILES string of the molecule is N=C(Nc1cc[c]cc1)c1cccs1. The van der Waals surface area contributed by atoms with Crippen molar-refractivity contribution in [1.29, 1.82) is 5.41 Å². The maximum Gasteiger partial charge on any atom is 0.140 e. The zero-order valence-electron chi connectivity index (χ0n) is 7.45. The predicted octanol–water partition coefficient (Wildman–Crippen LogP) is 2.99. The van der Waals surface area contributed by atoms with Gasteiger partial charge in [-0.25, -0.2) is 0 Å². The molecule has 14 heavy (non-hydrogen) atoms. The van der Waals surface area contributed by atoms with Crippen molar-refractivity contribution in [1.82, 2.24) is 0 Å². The van der Waals surface area contributed by atoms with Crippen LogP contribution in [0.1, 0.15) is 4.88 Å². The Kier molecular flexibility index (Phi) is 2.60. The van der Waals surface area contributed by atoms with E-state index in [-0.39, 0.29) is 0 Å². The molecule has 1 aromatic carbocycles. The Hall–Kier alpha value is -1.61. The number of amidine groups is 1. The van der Waals surface area contributed by atoms with Crippen LogP contribution in [0, 0.1) is 11.5 Å². The molecule has 2 rings (SSSR count). The lowest BCUT2D eigenvalue weighted by Gasteiger charge is -2.04. The van der Waals surface area contributed by atoms with Crippen molar-refractivity contribution in [3.63, 3.8) is 0 Å².